The van der Waals surface area contributed by atoms with Crippen LogP contribution in [-0.4, -0.2) is 11.1 Å². The van der Waals surface area contributed by atoms with E-state index in [1.54, 1.807) is 0 Å². The zero-order chi connectivity index (χ0) is 8.43. The van der Waals surface area contributed by atoms with E-state index < -0.39 is 5.97 Å². The molecule has 1 aromatic heterocycles. The molecule has 0 aliphatic heterocycles. The van der Waals surface area contributed by atoms with E-state index in [1.165, 1.54) is 6.07 Å². The van der Waals surface area contributed by atoms with E-state index in [2.05, 4.69) is 0 Å². The summed E-state index contributed by atoms with van der Waals surface area (Å²) >= 11 is 6.70. The second-order valence-electron chi connectivity index (χ2n) is 1.92. The molecule has 1 rings (SSSR count). The lowest BCUT2D eigenvalue weighted by atomic mass is 10.3. The molecule has 0 aliphatic carbocycles. The Bertz CT molecular complexity index is 287. The van der Waals surface area contributed by atoms with Gasteiger partial charge in [0.1, 0.15) is 4.88 Å². The number of rotatable bonds is 2. The van der Waals surface area contributed by atoms with Gasteiger partial charge in [-0.2, -0.15) is 0 Å². The number of carbonyl (C=O) groups is 1. The molecule has 0 bridgehead atoms. The molecule has 1 heterocycles. The van der Waals surface area contributed by atoms with Crippen molar-refractivity contribution in [2.45, 2.75) is 6.54 Å². The summed E-state index contributed by atoms with van der Waals surface area (Å²) in [5, 5.41) is 8.53. The Labute approximate surface area is 84.6 Å². The Morgan fingerprint density at radius 1 is 1.75 bits per heavy atom. The van der Waals surface area contributed by atoms with Gasteiger partial charge in [-0.1, -0.05) is 11.6 Å². The van der Waals surface area contributed by atoms with Gasteiger partial charge in [-0.25, -0.2) is 4.79 Å². The summed E-state index contributed by atoms with van der Waals surface area (Å²) in [6.45, 7) is 0.280. The maximum atomic E-state index is 10.4. The maximum absolute atomic E-state index is 10.4. The summed E-state index contributed by atoms with van der Waals surface area (Å²) < 4.78 is 0.463. The Hall–Kier alpha value is -0.290. The molecule has 3 N–H and O–H groups in total. The highest BCUT2D eigenvalue weighted by molar-refractivity contribution is 7.18. The molecule has 0 radical (unpaired) electrons. The average molecular weight is 228 g/mol. The van der Waals surface area contributed by atoms with Crippen LogP contribution in [0.5, 0.6) is 0 Å². The summed E-state index contributed by atoms with van der Waals surface area (Å²) in [5.41, 5.74) is 5.98. The van der Waals surface area contributed by atoms with Gasteiger partial charge in [-0.3, -0.25) is 0 Å². The van der Waals surface area contributed by atoms with Crippen LogP contribution >= 0.6 is 35.3 Å². The van der Waals surface area contributed by atoms with Gasteiger partial charge in [0.2, 0.25) is 0 Å². The van der Waals surface area contributed by atoms with Crippen LogP contribution < -0.4 is 5.73 Å². The molecule has 0 atom stereocenters. The predicted molar refractivity (Wildman–Crippen MR) is 51.4 cm³/mol. The van der Waals surface area contributed by atoms with Crippen molar-refractivity contribution >= 4 is 41.3 Å². The lowest BCUT2D eigenvalue weighted by Crippen LogP contribution is -1.95. The Morgan fingerprint density at radius 2 is 2.33 bits per heavy atom. The average Bonchev–Trinajstić information content (AvgIpc) is 2.31. The fourth-order valence-corrected chi connectivity index (χ4v) is 1.79. The minimum atomic E-state index is -0.961. The number of carboxylic acids is 1. The van der Waals surface area contributed by atoms with Crippen LogP contribution in [0, 0.1) is 0 Å². The molecule has 12 heavy (non-hydrogen) atoms. The Morgan fingerprint density at radius 3 is 2.58 bits per heavy atom. The number of hydrogen-bond donors (Lipinski definition) is 2. The van der Waals surface area contributed by atoms with Crippen molar-refractivity contribution in [3.05, 3.63) is 20.8 Å². The molecule has 0 amide bonds. The molecule has 0 aliphatic rings. The second-order valence-corrected chi connectivity index (χ2v) is 3.57. The highest BCUT2D eigenvalue weighted by Crippen LogP contribution is 2.26. The lowest BCUT2D eigenvalue weighted by Gasteiger charge is -1.86. The standard InChI is InChI=1S/C6H6ClNO2S.ClH/c7-5-3(2-8)1-4(11-5)6(9)10;/h1H,2,8H2,(H,9,10);1H. The van der Waals surface area contributed by atoms with Gasteiger partial charge in [0.15, 0.2) is 0 Å². The maximum Gasteiger partial charge on any atom is 0.345 e. The molecule has 3 nitrogen and oxygen atoms in total. The van der Waals surface area contributed by atoms with Crippen LogP contribution in [0.1, 0.15) is 15.2 Å². The second kappa shape index (κ2) is 4.67. The van der Waals surface area contributed by atoms with E-state index in [4.69, 9.17) is 22.4 Å². The van der Waals surface area contributed by atoms with Gasteiger partial charge in [-0.05, 0) is 11.6 Å². The topological polar surface area (TPSA) is 63.3 Å². The Kier molecular flexibility index (Phi) is 4.55. The van der Waals surface area contributed by atoms with Gasteiger partial charge in [0, 0.05) is 6.54 Å². The molecule has 0 spiro atoms. The summed E-state index contributed by atoms with van der Waals surface area (Å²) in [6, 6.07) is 1.50. The van der Waals surface area contributed by atoms with Crippen LogP contribution in [0.4, 0.5) is 0 Å². The van der Waals surface area contributed by atoms with Gasteiger partial charge in [0.25, 0.3) is 0 Å². The van der Waals surface area contributed by atoms with Gasteiger partial charge < -0.3 is 10.8 Å². The summed E-state index contributed by atoms with van der Waals surface area (Å²) in [7, 11) is 0. The van der Waals surface area contributed by atoms with Crippen molar-refractivity contribution in [3.63, 3.8) is 0 Å². The molecular formula is C6H7Cl2NO2S. The predicted octanol–water partition coefficient (Wildman–Crippen LogP) is 1.98. The van der Waals surface area contributed by atoms with E-state index in [9.17, 15) is 4.79 Å². The van der Waals surface area contributed by atoms with Crippen LogP contribution in [0.25, 0.3) is 0 Å². The van der Waals surface area contributed by atoms with Crippen molar-refractivity contribution in [2.24, 2.45) is 5.73 Å². The summed E-state index contributed by atoms with van der Waals surface area (Å²) in [5.74, 6) is -0.961. The third-order valence-corrected chi connectivity index (χ3v) is 2.62. The first-order chi connectivity index (χ1) is 5.15. The minimum absolute atomic E-state index is 0. The van der Waals surface area contributed by atoms with E-state index in [0.29, 0.717) is 9.90 Å². The first kappa shape index (κ1) is 11.7. The molecule has 0 unspecified atom stereocenters. The van der Waals surface area contributed by atoms with E-state index in [-0.39, 0.29) is 23.8 Å². The number of aromatic carboxylic acids is 1. The molecule has 68 valence electrons. The van der Waals surface area contributed by atoms with Crippen molar-refractivity contribution in [2.75, 3.05) is 0 Å². The molecule has 0 saturated heterocycles. The van der Waals surface area contributed by atoms with E-state index >= 15 is 0 Å². The number of nitrogens with two attached hydrogens (primary N) is 1. The number of thiophene rings is 1. The highest BCUT2D eigenvalue weighted by atomic mass is 35.5. The third-order valence-electron chi connectivity index (χ3n) is 1.19. The SMILES string of the molecule is Cl.NCc1cc(C(=O)O)sc1Cl. The van der Waals surface area contributed by atoms with Crippen molar-refractivity contribution in [1.82, 2.24) is 0 Å². The highest BCUT2D eigenvalue weighted by Gasteiger charge is 2.10. The third kappa shape index (κ3) is 2.35. The first-order valence-electron chi connectivity index (χ1n) is 2.86. The molecule has 0 aromatic carbocycles. The number of carboxylic acid groups (broad SMARTS) is 1. The fraction of sp³-hybridized carbons (Fsp3) is 0.167. The summed E-state index contributed by atoms with van der Waals surface area (Å²) in [6.07, 6.45) is 0. The smallest absolute Gasteiger partial charge is 0.345 e. The minimum Gasteiger partial charge on any atom is -0.477 e. The molecular weight excluding hydrogens is 221 g/mol. The summed E-state index contributed by atoms with van der Waals surface area (Å²) in [4.78, 5) is 10.6. The zero-order valence-corrected chi connectivity index (χ0v) is 8.30. The zero-order valence-electron chi connectivity index (χ0n) is 5.91. The van der Waals surface area contributed by atoms with Crippen LogP contribution in [0.15, 0.2) is 6.07 Å². The van der Waals surface area contributed by atoms with Gasteiger partial charge in [-0.15, -0.1) is 23.7 Å². The lowest BCUT2D eigenvalue weighted by molar-refractivity contribution is 0.0702. The van der Waals surface area contributed by atoms with Crippen molar-refractivity contribution in [3.8, 4) is 0 Å². The van der Waals surface area contributed by atoms with Crippen LogP contribution in [-0.2, 0) is 6.54 Å². The van der Waals surface area contributed by atoms with E-state index in [1.807, 2.05) is 0 Å². The molecule has 0 saturated carbocycles. The number of halogens is 2. The quantitative estimate of drug-likeness (QED) is 0.813. The van der Waals surface area contributed by atoms with Gasteiger partial charge >= 0.3 is 5.97 Å². The fourth-order valence-electron chi connectivity index (χ4n) is 0.651. The Balaban J connectivity index is 0.00000121. The largest absolute Gasteiger partial charge is 0.477 e. The first-order valence-corrected chi connectivity index (χ1v) is 4.06. The van der Waals surface area contributed by atoms with Crippen LogP contribution in [0.2, 0.25) is 4.34 Å². The monoisotopic (exact) mass is 227 g/mol. The van der Waals surface area contributed by atoms with Crippen molar-refractivity contribution in [1.29, 1.82) is 0 Å². The van der Waals surface area contributed by atoms with Crippen LogP contribution in [0.3, 0.4) is 0 Å². The molecule has 6 heteroatoms. The van der Waals surface area contributed by atoms with E-state index in [0.717, 1.165) is 11.3 Å². The number of hydrogen-bond acceptors (Lipinski definition) is 3. The normalized spacial score (nSPS) is 9.17. The molecule has 1 aromatic rings. The van der Waals surface area contributed by atoms with Crippen molar-refractivity contribution < 1.29 is 9.90 Å². The van der Waals surface area contributed by atoms with Gasteiger partial charge in [0.05, 0.1) is 4.34 Å². The molecule has 0 fully saturated rings.